The van der Waals surface area contributed by atoms with Crippen LogP contribution in [0.25, 0.3) is 0 Å². The topological polar surface area (TPSA) is 9.72 Å². The van der Waals surface area contributed by atoms with E-state index in [0.29, 0.717) is 0 Å². The van der Waals surface area contributed by atoms with Gasteiger partial charge in [0.1, 0.15) is 0 Å². The Morgan fingerprint density at radius 1 is 0.465 bits per heavy atom. The molecule has 2 unspecified atom stereocenters. The lowest BCUT2D eigenvalue weighted by Gasteiger charge is -2.51. The van der Waals surface area contributed by atoms with Crippen molar-refractivity contribution in [3.05, 3.63) is 135 Å². The summed E-state index contributed by atoms with van der Waals surface area (Å²) in [6, 6.07) is 39.7. The number of para-hydroxylation sites is 1. The van der Waals surface area contributed by atoms with Crippen LogP contribution in [0.1, 0.15) is 200 Å². The lowest BCUT2D eigenvalue weighted by atomic mass is 9.32. The Bertz CT molecular complexity index is 3190. The molecule has 5 aromatic carbocycles. The van der Waals surface area contributed by atoms with Crippen molar-refractivity contribution < 1.29 is 0 Å². The minimum atomic E-state index is -0.0924. The summed E-state index contributed by atoms with van der Waals surface area (Å²) in [5.41, 5.74) is 22.7. The minimum Gasteiger partial charge on any atom is -0.334 e. The molecular weight excluding hydrogens is 878 g/mol. The molecule has 6 aromatic rings. The SMILES string of the molecule is CC(C)(C)c1ccc(N2c3ccc(C(C)(C)C)cc3B3c4c2cc(N2c5ccccc5C5(C)CCCCC25C)cc4N(c2ccc4c(c2)C(C)(C)CCC4(C)C)c2sc4c(c23)C(C)(C)CCC4(C)C)cc1. The van der Waals surface area contributed by atoms with Crippen molar-refractivity contribution in [1.82, 2.24) is 0 Å². The third kappa shape index (κ3) is 6.65. The number of benzene rings is 5. The lowest BCUT2D eigenvalue weighted by Crippen LogP contribution is -2.63. The van der Waals surface area contributed by atoms with Crippen LogP contribution in [-0.4, -0.2) is 12.3 Å². The van der Waals surface area contributed by atoms with Crippen LogP contribution in [-0.2, 0) is 37.9 Å². The van der Waals surface area contributed by atoms with E-state index >= 15 is 0 Å². The van der Waals surface area contributed by atoms with E-state index in [1.165, 1.54) is 129 Å². The number of hydrogen-bond acceptors (Lipinski definition) is 4. The van der Waals surface area contributed by atoms with Gasteiger partial charge in [0.25, 0.3) is 6.71 Å². The summed E-state index contributed by atoms with van der Waals surface area (Å²) in [7, 11) is 0. The molecular formula is C66H80BN3S. The third-order valence-corrected chi connectivity index (χ3v) is 21.3. The van der Waals surface area contributed by atoms with E-state index in [1.54, 1.807) is 15.9 Å². The maximum absolute atomic E-state index is 2.84. The summed E-state index contributed by atoms with van der Waals surface area (Å²) in [5, 5.41) is 1.43. The molecule has 0 N–H and O–H groups in total. The standard InChI is InChI=1S/C66H80BN3S/c1-59(2,3)41-23-26-43(27-24-41)68-51-30-25-42(60(4,5)6)37-49(51)67-55-52(68)39-45(70-50-22-18-17-21-47(50)65(15)31-19-20-32-66(65,70)16)40-53(55)69(44-28-29-46-48(38-44)62(9,10)34-33-61(46,7)8)58-56(67)54-57(71-58)64(13,14)36-35-63(54,11)12/h17-18,21-30,37-40H,19-20,31-36H2,1-16H3. The zero-order valence-corrected chi connectivity index (χ0v) is 47.0. The van der Waals surface area contributed by atoms with Crippen LogP contribution >= 0.6 is 11.3 Å². The van der Waals surface area contributed by atoms with Crippen molar-refractivity contribution in [3.8, 4) is 0 Å². The third-order valence-electron chi connectivity index (χ3n) is 19.8. The van der Waals surface area contributed by atoms with Gasteiger partial charge in [0.2, 0.25) is 0 Å². The van der Waals surface area contributed by atoms with Crippen LogP contribution in [0.3, 0.4) is 0 Å². The summed E-state index contributed by atoms with van der Waals surface area (Å²) in [6.07, 6.45) is 9.64. The van der Waals surface area contributed by atoms with Gasteiger partial charge in [-0.3, -0.25) is 0 Å². The van der Waals surface area contributed by atoms with Gasteiger partial charge in [-0.2, -0.15) is 0 Å². The first kappa shape index (κ1) is 47.3. The lowest BCUT2D eigenvalue weighted by molar-refractivity contribution is 0.195. The highest BCUT2D eigenvalue weighted by Crippen LogP contribution is 2.63. The molecule has 1 saturated carbocycles. The molecule has 1 aromatic heterocycles. The molecule has 3 nitrogen and oxygen atoms in total. The smallest absolute Gasteiger partial charge is 0.253 e. The van der Waals surface area contributed by atoms with Gasteiger partial charge in [0, 0.05) is 50.1 Å². The molecule has 3 aliphatic heterocycles. The normalized spacial score (nSPS) is 24.1. The molecule has 3 aliphatic carbocycles. The fourth-order valence-corrected chi connectivity index (χ4v) is 16.6. The zero-order valence-electron chi connectivity index (χ0n) is 46.2. The van der Waals surface area contributed by atoms with E-state index in [9.17, 15) is 0 Å². The summed E-state index contributed by atoms with van der Waals surface area (Å²) in [4.78, 5) is 9.92. The Kier molecular flexibility index (Phi) is 9.96. The number of fused-ring (bicyclic) bond motifs is 10. The van der Waals surface area contributed by atoms with Crippen LogP contribution in [0.5, 0.6) is 0 Å². The number of nitrogens with zero attached hydrogens (tertiary/aromatic N) is 3. The Hall–Kier alpha value is -4.74. The predicted octanol–water partition coefficient (Wildman–Crippen LogP) is 16.9. The Morgan fingerprint density at radius 3 is 1.75 bits per heavy atom. The van der Waals surface area contributed by atoms with Crippen molar-refractivity contribution in [1.29, 1.82) is 0 Å². The highest BCUT2D eigenvalue weighted by Gasteiger charge is 2.59. The van der Waals surface area contributed by atoms with Gasteiger partial charge in [0.05, 0.1) is 10.5 Å². The molecule has 368 valence electrons. The van der Waals surface area contributed by atoms with Crippen LogP contribution in [0.15, 0.2) is 97.1 Å². The maximum Gasteiger partial charge on any atom is 0.253 e. The van der Waals surface area contributed by atoms with E-state index in [0.717, 1.165) is 6.42 Å². The van der Waals surface area contributed by atoms with E-state index in [2.05, 4.69) is 234 Å². The minimum absolute atomic E-state index is 0.0150. The van der Waals surface area contributed by atoms with Crippen LogP contribution in [0.4, 0.5) is 44.8 Å². The van der Waals surface area contributed by atoms with Gasteiger partial charge in [-0.05, 0) is 176 Å². The zero-order chi connectivity index (χ0) is 50.4. The van der Waals surface area contributed by atoms with Crippen LogP contribution < -0.4 is 31.1 Å². The molecule has 2 atom stereocenters. The Morgan fingerprint density at radius 2 is 1.06 bits per heavy atom. The first-order valence-corrected chi connectivity index (χ1v) is 28.3. The Labute approximate surface area is 432 Å². The molecule has 5 heteroatoms. The quantitative estimate of drug-likeness (QED) is 0.163. The molecule has 0 radical (unpaired) electrons. The average Bonchev–Trinajstić information content (AvgIpc) is 3.82. The van der Waals surface area contributed by atoms with Gasteiger partial charge in [-0.25, -0.2) is 0 Å². The predicted molar refractivity (Wildman–Crippen MR) is 309 cm³/mol. The molecule has 12 rings (SSSR count). The molecule has 1 fully saturated rings. The van der Waals surface area contributed by atoms with Gasteiger partial charge in [-0.1, -0.05) is 165 Å². The van der Waals surface area contributed by atoms with Gasteiger partial charge in [0.15, 0.2) is 0 Å². The van der Waals surface area contributed by atoms with Gasteiger partial charge < -0.3 is 14.7 Å². The summed E-state index contributed by atoms with van der Waals surface area (Å²) in [6.45, 7) is 39.6. The van der Waals surface area contributed by atoms with E-state index in [1.807, 2.05) is 0 Å². The number of hydrogen-bond donors (Lipinski definition) is 0. The number of thiophene rings is 1. The molecule has 4 heterocycles. The summed E-state index contributed by atoms with van der Waals surface area (Å²) in [5.74, 6) is 0. The fourth-order valence-electron chi connectivity index (χ4n) is 14.9. The molecule has 0 bridgehead atoms. The monoisotopic (exact) mass is 958 g/mol. The highest BCUT2D eigenvalue weighted by atomic mass is 32.1. The first-order chi connectivity index (χ1) is 33.2. The largest absolute Gasteiger partial charge is 0.334 e. The fraction of sp³-hybridized carbons (Fsp3) is 0.485. The van der Waals surface area contributed by atoms with Crippen molar-refractivity contribution >= 4 is 79.3 Å². The van der Waals surface area contributed by atoms with Crippen molar-refractivity contribution in [2.24, 2.45) is 0 Å². The number of rotatable bonds is 3. The van der Waals surface area contributed by atoms with Crippen molar-refractivity contribution in [2.45, 2.75) is 206 Å². The van der Waals surface area contributed by atoms with Crippen LogP contribution in [0, 0.1) is 0 Å². The second-order valence-electron chi connectivity index (χ2n) is 28.3. The molecule has 0 saturated heterocycles. The van der Waals surface area contributed by atoms with Crippen molar-refractivity contribution in [2.75, 3.05) is 14.7 Å². The second-order valence-corrected chi connectivity index (χ2v) is 29.3. The maximum atomic E-state index is 2.84. The van der Waals surface area contributed by atoms with Crippen molar-refractivity contribution in [3.63, 3.8) is 0 Å². The Balaban J connectivity index is 1.24. The summed E-state index contributed by atoms with van der Waals surface area (Å²) < 4.78 is 0. The molecule has 71 heavy (non-hydrogen) atoms. The van der Waals surface area contributed by atoms with E-state index in [4.69, 9.17) is 0 Å². The summed E-state index contributed by atoms with van der Waals surface area (Å²) >= 11 is 2.13. The highest BCUT2D eigenvalue weighted by molar-refractivity contribution is 7.20. The second kappa shape index (κ2) is 15.0. The number of anilines is 8. The van der Waals surface area contributed by atoms with E-state index in [-0.39, 0.29) is 50.2 Å². The molecule has 0 spiro atoms. The van der Waals surface area contributed by atoms with E-state index < -0.39 is 0 Å². The van der Waals surface area contributed by atoms with Gasteiger partial charge >= 0.3 is 0 Å². The first-order valence-electron chi connectivity index (χ1n) is 27.4. The van der Waals surface area contributed by atoms with Crippen LogP contribution in [0.2, 0.25) is 0 Å². The van der Waals surface area contributed by atoms with Gasteiger partial charge in [-0.15, -0.1) is 11.3 Å². The molecule has 6 aliphatic rings. The average molecular weight is 958 g/mol. The molecule has 0 amide bonds.